The first-order valence-electron chi connectivity index (χ1n) is 7.27. The third-order valence-electron chi connectivity index (χ3n) is 3.06. The van der Waals surface area contributed by atoms with Crippen molar-refractivity contribution in [3.63, 3.8) is 0 Å². The lowest BCUT2D eigenvalue weighted by Gasteiger charge is -2.20. The van der Waals surface area contributed by atoms with Gasteiger partial charge in [0.05, 0.1) is 5.69 Å². The Bertz CT molecular complexity index is 556. The van der Waals surface area contributed by atoms with Gasteiger partial charge in [0.15, 0.2) is 0 Å². The van der Waals surface area contributed by atoms with Crippen LogP contribution in [0.5, 0.6) is 0 Å². The van der Waals surface area contributed by atoms with Gasteiger partial charge >= 0.3 is 0 Å². The van der Waals surface area contributed by atoms with Crippen molar-refractivity contribution in [2.24, 2.45) is 0 Å². The summed E-state index contributed by atoms with van der Waals surface area (Å²) in [6.45, 7) is 7.61. The summed E-state index contributed by atoms with van der Waals surface area (Å²) in [6.07, 6.45) is 3.16. The zero-order valence-corrected chi connectivity index (χ0v) is 14.9. The van der Waals surface area contributed by atoms with Crippen LogP contribution >= 0.6 is 23.1 Å². The summed E-state index contributed by atoms with van der Waals surface area (Å²) in [7, 11) is 0. The van der Waals surface area contributed by atoms with E-state index in [1.807, 2.05) is 23.1 Å². The molecule has 4 heteroatoms. The third kappa shape index (κ3) is 5.13. The minimum absolute atomic E-state index is 0.166. The van der Waals surface area contributed by atoms with Crippen LogP contribution in [0.2, 0.25) is 0 Å². The summed E-state index contributed by atoms with van der Waals surface area (Å²) < 4.78 is 0. The molecule has 0 aliphatic heterocycles. The number of hydrogen-bond acceptors (Lipinski definition) is 4. The van der Waals surface area contributed by atoms with Crippen LogP contribution in [0.1, 0.15) is 30.7 Å². The van der Waals surface area contributed by atoms with Gasteiger partial charge in [0.1, 0.15) is 5.01 Å². The van der Waals surface area contributed by atoms with E-state index in [1.54, 1.807) is 0 Å². The van der Waals surface area contributed by atoms with Crippen molar-refractivity contribution in [3.8, 4) is 11.3 Å². The maximum Gasteiger partial charge on any atom is 0.103 e. The first-order chi connectivity index (χ1) is 9.99. The number of benzene rings is 1. The molecule has 0 atom stereocenters. The van der Waals surface area contributed by atoms with Gasteiger partial charge in [-0.25, -0.2) is 4.98 Å². The molecule has 2 nitrogen and oxygen atoms in total. The van der Waals surface area contributed by atoms with Crippen LogP contribution < -0.4 is 5.32 Å². The van der Waals surface area contributed by atoms with Crippen LogP contribution in [0.15, 0.2) is 30.3 Å². The average Bonchev–Trinajstić information content (AvgIpc) is 2.82. The predicted molar refractivity (Wildman–Crippen MR) is 96.2 cm³/mol. The van der Waals surface area contributed by atoms with Crippen molar-refractivity contribution in [3.05, 3.63) is 40.2 Å². The van der Waals surface area contributed by atoms with E-state index < -0.39 is 0 Å². The Morgan fingerprint density at radius 3 is 2.52 bits per heavy atom. The van der Waals surface area contributed by atoms with E-state index in [0.717, 1.165) is 18.7 Å². The minimum Gasteiger partial charge on any atom is -0.312 e. The molecule has 0 unspecified atom stereocenters. The Labute approximate surface area is 136 Å². The lowest BCUT2D eigenvalue weighted by molar-refractivity contribution is 0.430. The fourth-order valence-electron chi connectivity index (χ4n) is 2.13. The Hall–Kier alpha value is -0.840. The molecule has 2 aromatic rings. The number of aromatic nitrogens is 1. The van der Waals surface area contributed by atoms with Gasteiger partial charge in [-0.15, -0.1) is 11.3 Å². The van der Waals surface area contributed by atoms with Crippen molar-refractivity contribution >= 4 is 23.1 Å². The summed E-state index contributed by atoms with van der Waals surface area (Å²) in [5.41, 5.74) is 2.56. The highest BCUT2D eigenvalue weighted by atomic mass is 32.2. The van der Waals surface area contributed by atoms with Gasteiger partial charge in [-0.2, -0.15) is 11.8 Å². The number of hydrogen-bond donors (Lipinski definition) is 1. The smallest absolute Gasteiger partial charge is 0.103 e. The highest BCUT2D eigenvalue weighted by Crippen LogP contribution is 2.30. The fourth-order valence-corrected chi connectivity index (χ4v) is 3.91. The average molecular weight is 321 g/mol. The molecule has 0 spiro atoms. The quantitative estimate of drug-likeness (QED) is 0.842. The van der Waals surface area contributed by atoms with Crippen molar-refractivity contribution in [2.45, 2.75) is 38.5 Å². The molecule has 21 heavy (non-hydrogen) atoms. The normalized spacial score (nSPS) is 11.8. The van der Waals surface area contributed by atoms with Crippen LogP contribution in [0.25, 0.3) is 11.3 Å². The molecular weight excluding hydrogens is 296 g/mol. The van der Waals surface area contributed by atoms with Crippen molar-refractivity contribution in [2.75, 3.05) is 12.8 Å². The van der Waals surface area contributed by atoms with Gasteiger partial charge in [0, 0.05) is 28.3 Å². The van der Waals surface area contributed by atoms with Crippen LogP contribution in [0.3, 0.4) is 0 Å². The lowest BCUT2D eigenvalue weighted by atomic mass is 10.1. The number of nitrogens with zero attached hydrogens (tertiary/aromatic N) is 1. The second kappa shape index (κ2) is 7.43. The molecule has 1 aromatic heterocycles. The van der Waals surface area contributed by atoms with Gasteiger partial charge < -0.3 is 5.32 Å². The highest BCUT2D eigenvalue weighted by molar-refractivity contribution is 7.97. The van der Waals surface area contributed by atoms with E-state index in [2.05, 4.69) is 62.7 Å². The molecule has 0 aliphatic carbocycles. The Kier molecular flexibility index (Phi) is 5.85. The first-order valence-corrected chi connectivity index (χ1v) is 9.48. The lowest BCUT2D eigenvalue weighted by Crippen LogP contribution is -2.37. The molecule has 1 heterocycles. The zero-order valence-electron chi connectivity index (χ0n) is 13.3. The molecule has 1 aromatic carbocycles. The van der Waals surface area contributed by atoms with Crippen molar-refractivity contribution in [1.29, 1.82) is 0 Å². The Balaban J connectivity index is 2.18. The maximum absolute atomic E-state index is 4.86. The van der Waals surface area contributed by atoms with Crippen LogP contribution in [0.4, 0.5) is 0 Å². The van der Waals surface area contributed by atoms with Crippen molar-refractivity contribution < 1.29 is 0 Å². The molecule has 0 radical (unpaired) electrons. The topological polar surface area (TPSA) is 24.9 Å². The highest BCUT2D eigenvalue weighted by Gasteiger charge is 2.14. The monoisotopic (exact) mass is 320 g/mol. The van der Waals surface area contributed by atoms with Crippen LogP contribution in [-0.4, -0.2) is 23.3 Å². The van der Waals surface area contributed by atoms with Crippen LogP contribution in [-0.2, 0) is 12.2 Å². The molecule has 0 saturated carbocycles. The molecule has 0 aliphatic rings. The second-order valence-corrected chi connectivity index (χ2v) is 8.14. The molecule has 0 amide bonds. The molecule has 1 N–H and O–H groups in total. The Morgan fingerprint density at radius 1 is 1.19 bits per heavy atom. The van der Waals surface area contributed by atoms with E-state index in [-0.39, 0.29) is 5.54 Å². The summed E-state index contributed by atoms with van der Waals surface area (Å²) in [4.78, 5) is 6.25. The number of rotatable bonds is 6. The van der Waals surface area contributed by atoms with E-state index in [9.17, 15) is 0 Å². The minimum atomic E-state index is 0.166. The van der Waals surface area contributed by atoms with E-state index >= 15 is 0 Å². The van der Waals surface area contributed by atoms with Crippen molar-refractivity contribution in [1.82, 2.24) is 10.3 Å². The first kappa shape index (κ1) is 16.5. The third-order valence-corrected chi connectivity index (χ3v) is 4.92. The van der Waals surface area contributed by atoms with Gasteiger partial charge in [-0.05, 0) is 33.4 Å². The molecule has 0 saturated heterocycles. The van der Waals surface area contributed by atoms with E-state index in [1.165, 1.54) is 21.1 Å². The molecule has 0 fully saturated rings. The molecule has 2 rings (SSSR count). The van der Waals surface area contributed by atoms with Gasteiger partial charge in [0.2, 0.25) is 0 Å². The second-order valence-electron chi connectivity index (χ2n) is 6.11. The summed E-state index contributed by atoms with van der Waals surface area (Å²) in [5.74, 6) is 0.997. The number of thioether (sulfide) groups is 1. The van der Waals surface area contributed by atoms with Gasteiger partial charge in [-0.3, -0.25) is 0 Å². The fraction of sp³-hybridized carbons (Fsp3) is 0.471. The van der Waals surface area contributed by atoms with E-state index in [4.69, 9.17) is 4.98 Å². The SMILES string of the molecule is CSCc1nc(-c2ccccc2)c(CCNC(C)(C)C)s1. The van der Waals surface area contributed by atoms with E-state index in [0.29, 0.717) is 0 Å². The molecule has 114 valence electrons. The number of nitrogens with one attached hydrogen (secondary N) is 1. The zero-order chi connectivity index (χ0) is 15.3. The predicted octanol–water partition coefficient (Wildman–Crippen LogP) is 4.60. The summed E-state index contributed by atoms with van der Waals surface area (Å²) >= 11 is 3.69. The standard InChI is InChI=1S/C17H24N2S2/c1-17(2,3)18-11-10-14-16(13-8-6-5-7-9-13)19-15(21-14)12-20-4/h5-9,18H,10-12H2,1-4H3. The molecule has 0 bridgehead atoms. The Morgan fingerprint density at radius 2 is 1.90 bits per heavy atom. The van der Waals surface area contributed by atoms with Crippen LogP contribution in [0, 0.1) is 0 Å². The number of thiazole rings is 1. The largest absolute Gasteiger partial charge is 0.312 e. The summed E-state index contributed by atoms with van der Waals surface area (Å²) in [5, 5.41) is 4.79. The van der Waals surface area contributed by atoms with Gasteiger partial charge in [-0.1, -0.05) is 30.3 Å². The van der Waals surface area contributed by atoms with Gasteiger partial charge in [0.25, 0.3) is 0 Å². The summed E-state index contributed by atoms with van der Waals surface area (Å²) in [6, 6.07) is 10.5. The maximum atomic E-state index is 4.86. The molecular formula is C17H24N2S2.